The Bertz CT molecular complexity index is 844. The summed E-state index contributed by atoms with van der Waals surface area (Å²) in [6.07, 6.45) is 3.31. The molecule has 3 aromatic rings. The summed E-state index contributed by atoms with van der Waals surface area (Å²) in [5.74, 6) is 0.200. The van der Waals surface area contributed by atoms with Crippen LogP contribution in [0.1, 0.15) is 0 Å². The van der Waals surface area contributed by atoms with E-state index in [0.29, 0.717) is 0 Å². The maximum Gasteiger partial charge on any atom is 0.234 e. The van der Waals surface area contributed by atoms with Crippen molar-refractivity contribution < 1.29 is 4.79 Å². The van der Waals surface area contributed by atoms with Gasteiger partial charge in [-0.3, -0.25) is 4.79 Å². The van der Waals surface area contributed by atoms with E-state index in [2.05, 4.69) is 31.2 Å². The largest absolute Gasteiger partial charge is 0.325 e. The lowest BCUT2D eigenvalue weighted by molar-refractivity contribution is -0.113. The van der Waals surface area contributed by atoms with Gasteiger partial charge in [-0.2, -0.15) is 0 Å². The third-order valence-electron chi connectivity index (χ3n) is 3.06. The summed E-state index contributed by atoms with van der Waals surface area (Å²) >= 11 is 6.29. The average molecular weight is 432 g/mol. The minimum atomic E-state index is -0.0753. The molecule has 1 aromatic heterocycles. The number of hydrogen-bond acceptors (Lipinski definition) is 5. The number of rotatable bonds is 6. The molecule has 2 aromatic carbocycles. The smallest absolute Gasteiger partial charge is 0.234 e. The Balaban J connectivity index is 1.61. The summed E-state index contributed by atoms with van der Waals surface area (Å²) in [5.41, 5.74) is 0.770. The zero-order valence-corrected chi connectivity index (χ0v) is 16.3. The van der Waals surface area contributed by atoms with E-state index in [9.17, 15) is 4.79 Å². The summed E-state index contributed by atoms with van der Waals surface area (Å²) in [4.78, 5) is 22.0. The van der Waals surface area contributed by atoms with Crippen LogP contribution in [0, 0.1) is 0 Å². The minimum absolute atomic E-state index is 0.0753. The van der Waals surface area contributed by atoms with Gasteiger partial charge in [-0.05, 0) is 36.4 Å². The van der Waals surface area contributed by atoms with Crippen LogP contribution in [0.25, 0.3) is 0 Å². The first-order valence-corrected chi connectivity index (χ1v) is 10.0. The molecular weight excluding hydrogens is 418 g/mol. The van der Waals surface area contributed by atoms with Gasteiger partial charge in [0.25, 0.3) is 0 Å². The summed E-state index contributed by atoms with van der Waals surface area (Å²) in [6.45, 7) is 0. The molecule has 4 nitrogen and oxygen atoms in total. The number of benzene rings is 2. The second kappa shape index (κ2) is 9.03. The number of anilines is 1. The van der Waals surface area contributed by atoms with E-state index < -0.39 is 0 Å². The molecule has 1 amide bonds. The Kier molecular flexibility index (Phi) is 6.49. The zero-order chi connectivity index (χ0) is 17.5. The van der Waals surface area contributed by atoms with Crippen LogP contribution in [-0.4, -0.2) is 21.6 Å². The van der Waals surface area contributed by atoms with Gasteiger partial charge in [-0.15, -0.1) is 0 Å². The molecule has 0 spiro atoms. The lowest BCUT2D eigenvalue weighted by Crippen LogP contribution is -2.14. The quantitative estimate of drug-likeness (QED) is 0.548. The molecule has 0 saturated carbocycles. The predicted octanol–water partition coefficient (Wildman–Crippen LogP) is 5.12. The summed E-state index contributed by atoms with van der Waals surface area (Å²) < 4.78 is 0.974. The Morgan fingerprint density at radius 3 is 2.36 bits per heavy atom. The molecular formula is C18H14BrN3OS2. The first-order chi connectivity index (χ1) is 12.2. The molecule has 0 atom stereocenters. The van der Waals surface area contributed by atoms with Crippen molar-refractivity contribution in [1.82, 2.24) is 9.97 Å². The van der Waals surface area contributed by atoms with E-state index in [1.165, 1.54) is 11.8 Å². The van der Waals surface area contributed by atoms with Crippen molar-refractivity contribution >= 4 is 51.0 Å². The molecule has 0 fully saturated rings. The van der Waals surface area contributed by atoms with Gasteiger partial charge in [-0.1, -0.05) is 57.7 Å². The molecule has 0 unspecified atom stereocenters. The molecule has 1 heterocycles. The molecule has 7 heteroatoms. The van der Waals surface area contributed by atoms with Gasteiger partial charge in [0.2, 0.25) is 5.91 Å². The van der Waals surface area contributed by atoms with Crippen molar-refractivity contribution in [2.45, 2.75) is 14.9 Å². The molecule has 0 aliphatic rings. The molecule has 0 bridgehead atoms. The number of amides is 1. The van der Waals surface area contributed by atoms with Gasteiger partial charge in [0, 0.05) is 27.4 Å². The second-order valence-electron chi connectivity index (χ2n) is 4.93. The number of nitrogens with one attached hydrogen (secondary N) is 1. The molecule has 0 aliphatic carbocycles. The van der Waals surface area contributed by atoms with Crippen LogP contribution in [0.2, 0.25) is 0 Å². The average Bonchev–Trinajstić information content (AvgIpc) is 2.64. The van der Waals surface area contributed by atoms with Crippen LogP contribution in [0.3, 0.4) is 0 Å². The van der Waals surface area contributed by atoms with E-state index in [1.807, 2.05) is 54.6 Å². The van der Waals surface area contributed by atoms with E-state index >= 15 is 0 Å². The Morgan fingerprint density at radius 1 is 0.960 bits per heavy atom. The van der Waals surface area contributed by atoms with Crippen LogP contribution in [0.4, 0.5) is 5.69 Å². The van der Waals surface area contributed by atoms with Crippen molar-refractivity contribution in [3.05, 3.63) is 71.5 Å². The third-order valence-corrected chi connectivity index (χ3v) is 5.70. The fourth-order valence-corrected chi connectivity index (χ4v) is 3.93. The summed E-state index contributed by atoms with van der Waals surface area (Å²) in [5, 5.41) is 4.43. The summed E-state index contributed by atoms with van der Waals surface area (Å²) in [7, 11) is 0. The Labute approximate surface area is 163 Å². The molecule has 126 valence electrons. The van der Waals surface area contributed by atoms with E-state index in [1.54, 1.807) is 24.2 Å². The van der Waals surface area contributed by atoms with Crippen molar-refractivity contribution in [1.29, 1.82) is 0 Å². The molecule has 0 radical (unpaired) electrons. The monoisotopic (exact) mass is 431 g/mol. The Hall–Kier alpha value is -1.83. The van der Waals surface area contributed by atoms with E-state index in [0.717, 1.165) is 25.1 Å². The van der Waals surface area contributed by atoms with Gasteiger partial charge in [-0.25, -0.2) is 9.97 Å². The van der Waals surface area contributed by atoms with Crippen molar-refractivity contribution in [2.24, 2.45) is 0 Å². The number of aromatic nitrogens is 2. The fourth-order valence-electron chi connectivity index (χ4n) is 1.95. The number of carbonyl (C=O) groups excluding carboxylic acids is 1. The van der Waals surface area contributed by atoms with Crippen LogP contribution in [-0.2, 0) is 4.79 Å². The lowest BCUT2D eigenvalue weighted by atomic mass is 10.3. The van der Waals surface area contributed by atoms with E-state index in [4.69, 9.17) is 0 Å². The predicted molar refractivity (Wildman–Crippen MR) is 106 cm³/mol. The minimum Gasteiger partial charge on any atom is -0.325 e. The highest BCUT2D eigenvalue weighted by Crippen LogP contribution is 2.32. The van der Waals surface area contributed by atoms with Crippen LogP contribution < -0.4 is 5.32 Å². The van der Waals surface area contributed by atoms with E-state index in [-0.39, 0.29) is 11.7 Å². The number of thioether (sulfide) groups is 1. The highest BCUT2D eigenvalue weighted by molar-refractivity contribution is 9.10. The van der Waals surface area contributed by atoms with Gasteiger partial charge >= 0.3 is 0 Å². The molecule has 3 rings (SSSR count). The van der Waals surface area contributed by atoms with Gasteiger partial charge in [0.1, 0.15) is 10.1 Å². The Morgan fingerprint density at radius 2 is 1.64 bits per heavy atom. The molecule has 1 N–H and O–H groups in total. The number of carbonyl (C=O) groups is 1. The summed E-state index contributed by atoms with van der Waals surface area (Å²) in [6, 6.07) is 17.5. The molecule has 25 heavy (non-hydrogen) atoms. The van der Waals surface area contributed by atoms with Crippen molar-refractivity contribution in [3.63, 3.8) is 0 Å². The first kappa shape index (κ1) is 18.0. The van der Waals surface area contributed by atoms with Gasteiger partial charge in [0.15, 0.2) is 0 Å². The lowest BCUT2D eigenvalue weighted by Gasteiger charge is -2.07. The number of nitrogens with zero attached hydrogens (tertiary/aromatic N) is 2. The van der Waals surface area contributed by atoms with Crippen LogP contribution in [0.5, 0.6) is 0 Å². The zero-order valence-electron chi connectivity index (χ0n) is 13.1. The SMILES string of the molecule is O=C(CSc1nccnc1Sc1ccccc1)Nc1ccc(Br)cc1. The fraction of sp³-hybridized carbons (Fsp3) is 0.0556. The second-order valence-corrected chi connectivity index (χ2v) is 7.87. The highest BCUT2D eigenvalue weighted by atomic mass is 79.9. The molecule has 0 saturated heterocycles. The normalized spacial score (nSPS) is 10.4. The van der Waals surface area contributed by atoms with Crippen LogP contribution >= 0.6 is 39.5 Å². The van der Waals surface area contributed by atoms with Crippen LogP contribution in [0.15, 0.2) is 86.4 Å². The number of hydrogen-bond donors (Lipinski definition) is 1. The molecule has 0 aliphatic heterocycles. The standard InChI is InChI=1S/C18H14BrN3OS2/c19-13-6-8-14(9-7-13)22-16(23)12-24-17-18(21-11-10-20-17)25-15-4-2-1-3-5-15/h1-11H,12H2,(H,22,23). The first-order valence-electron chi connectivity index (χ1n) is 7.43. The number of halogens is 1. The van der Waals surface area contributed by atoms with Crippen molar-refractivity contribution in [3.8, 4) is 0 Å². The maximum absolute atomic E-state index is 12.1. The highest BCUT2D eigenvalue weighted by Gasteiger charge is 2.11. The third kappa shape index (κ3) is 5.59. The van der Waals surface area contributed by atoms with Crippen molar-refractivity contribution in [2.75, 3.05) is 11.1 Å². The van der Waals surface area contributed by atoms with Gasteiger partial charge < -0.3 is 5.32 Å². The van der Waals surface area contributed by atoms with Gasteiger partial charge in [0.05, 0.1) is 5.75 Å². The topological polar surface area (TPSA) is 54.9 Å². The maximum atomic E-state index is 12.1.